The van der Waals surface area contributed by atoms with Crippen LogP contribution in [-0.4, -0.2) is 99.5 Å². The molecule has 1 amide bonds. The van der Waals surface area contributed by atoms with Gasteiger partial charge in [-0.3, -0.25) is 9.20 Å². The SMILES string of the molecule is C[C@H]1CN(c2cc(S(=O)(=O)N(COCC[Si](C)(C)C)C3(C)COC3)cn3c(C(=O)NC4CC4)ncc23)C[C@H](C)O1. The average Bonchev–Trinajstić information content (AvgIpc) is 3.54. The molecule has 13 heteroatoms. The minimum absolute atomic E-state index is 0.0353. The number of carbonyl (C=O) groups excluding carboxylic acids is 1. The summed E-state index contributed by atoms with van der Waals surface area (Å²) in [6, 6.07) is 2.79. The third-order valence-electron chi connectivity index (χ3n) is 7.69. The Kier molecular flexibility index (Phi) is 8.09. The molecule has 2 aromatic rings. The number of nitrogens with one attached hydrogen (secondary N) is 1. The molecule has 1 saturated carbocycles. The van der Waals surface area contributed by atoms with Crippen LogP contribution in [0, 0.1) is 0 Å². The van der Waals surface area contributed by atoms with E-state index < -0.39 is 23.6 Å². The molecule has 222 valence electrons. The lowest BCUT2D eigenvalue weighted by molar-refractivity contribution is -0.124. The van der Waals surface area contributed by atoms with Crippen molar-refractivity contribution in [2.75, 3.05) is 44.5 Å². The number of sulfonamides is 1. The molecular weight excluding hydrogens is 550 g/mol. The topological polar surface area (TPSA) is 115 Å². The highest BCUT2D eigenvalue weighted by Gasteiger charge is 2.47. The molecule has 40 heavy (non-hydrogen) atoms. The molecule has 0 aromatic carbocycles. The zero-order chi connectivity index (χ0) is 28.9. The van der Waals surface area contributed by atoms with Gasteiger partial charge in [0, 0.05) is 40.0 Å². The van der Waals surface area contributed by atoms with Crippen LogP contribution in [0.1, 0.15) is 44.2 Å². The second kappa shape index (κ2) is 11.0. The maximum Gasteiger partial charge on any atom is 0.287 e. The second-order valence-corrected chi connectivity index (χ2v) is 20.5. The predicted molar refractivity (Wildman–Crippen MR) is 155 cm³/mol. The monoisotopic (exact) mass is 593 g/mol. The maximum atomic E-state index is 14.4. The number of anilines is 1. The Morgan fingerprint density at radius 2 is 1.90 bits per heavy atom. The van der Waals surface area contributed by atoms with Gasteiger partial charge >= 0.3 is 0 Å². The standard InChI is InChI=1S/C27H43N5O6SSi/c1-19-13-30(14-20(2)38-19)23-11-22(15-31-24(23)12-28-25(31)26(33)29-21-7-8-21)39(34,35)32(27(3)16-37-17-27)18-36-9-10-40(4,5)6/h11-12,15,19-21H,7-10,13-14,16-18H2,1-6H3,(H,29,33)/t19-,20-/m0/s1. The Balaban J connectivity index is 1.55. The van der Waals surface area contributed by atoms with Gasteiger partial charge in [-0.15, -0.1) is 0 Å². The van der Waals surface area contributed by atoms with Crippen LogP contribution in [0.5, 0.6) is 0 Å². The number of ether oxygens (including phenoxy) is 3. The number of hydrogen-bond donors (Lipinski definition) is 1. The van der Waals surface area contributed by atoms with E-state index in [0.29, 0.717) is 30.9 Å². The van der Waals surface area contributed by atoms with Gasteiger partial charge < -0.3 is 24.4 Å². The highest BCUT2D eigenvalue weighted by molar-refractivity contribution is 7.89. The fourth-order valence-electron chi connectivity index (χ4n) is 5.18. The number of carbonyl (C=O) groups is 1. The molecule has 11 nitrogen and oxygen atoms in total. The molecular formula is C27H43N5O6SSi. The number of hydrogen-bond acceptors (Lipinski definition) is 8. The molecule has 3 aliphatic rings. The van der Waals surface area contributed by atoms with E-state index in [2.05, 4.69) is 34.8 Å². The summed E-state index contributed by atoms with van der Waals surface area (Å²) in [5.41, 5.74) is 0.656. The molecule has 4 heterocycles. The quantitative estimate of drug-likeness (QED) is 0.240. The van der Waals surface area contributed by atoms with Gasteiger partial charge in [-0.05, 0) is 45.7 Å². The lowest BCUT2D eigenvalue weighted by atomic mass is 10.0. The lowest BCUT2D eigenvalue weighted by Crippen LogP contribution is -2.62. The van der Waals surface area contributed by atoms with Gasteiger partial charge in [0.1, 0.15) is 11.6 Å². The summed E-state index contributed by atoms with van der Waals surface area (Å²) in [5, 5.41) is 2.98. The largest absolute Gasteiger partial charge is 0.377 e. The van der Waals surface area contributed by atoms with Gasteiger partial charge in [0.15, 0.2) is 0 Å². The molecule has 2 saturated heterocycles. The first-order valence-electron chi connectivity index (χ1n) is 14.2. The Morgan fingerprint density at radius 1 is 1.23 bits per heavy atom. The van der Waals surface area contributed by atoms with E-state index in [1.165, 1.54) is 10.5 Å². The van der Waals surface area contributed by atoms with Crippen molar-refractivity contribution in [1.82, 2.24) is 19.0 Å². The molecule has 1 N–H and O–H groups in total. The van der Waals surface area contributed by atoms with Crippen LogP contribution in [0.2, 0.25) is 25.7 Å². The first kappa shape index (κ1) is 29.5. The molecule has 0 unspecified atom stereocenters. The van der Waals surface area contributed by atoms with E-state index in [-0.39, 0.29) is 54.8 Å². The fourth-order valence-corrected chi connectivity index (χ4v) is 7.59. The molecule has 2 aromatic heterocycles. The molecule has 0 bridgehead atoms. The summed E-state index contributed by atoms with van der Waals surface area (Å²) >= 11 is 0. The van der Waals surface area contributed by atoms with Gasteiger partial charge in [-0.2, -0.15) is 4.31 Å². The number of morpholine rings is 1. The summed E-state index contributed by atoms with van der Waals surface area (Å²) in [7, 11) is -5.39. The Labute approximate surface area is 238 Å². The smallest absolute Gasteiger partial charge is 0.287 e. The van der Waals surface area contributed by atoms with Crippen LogP contribution in [0.15, 0.2) is 23.4 Å². The summed E-state index contributed by atoms with van der Waals surface area (Å²) < 4.78 is 49.2. The van der Waals surface area contributed by atoms with E-state index in [4.69, 9.17) is 14.2 Å². The molecule has 0 spiro atoms. The van der Waals surface area contributed by atoms with Crippen molar-refractivity contribution in [3.05, 3.63) is 24.3 Å². The normalized spacial score (nSPS) is 23.4. The molecule has 3 fully saturated rings. The number of aromatic nitrogens is 2. The minimum Gasteiger partial charge on any atom is -0.377 e. The molecule has 1 aliphatic carbocycles. The van der Waals surface area contributed by atoms with Crippen molar-refractivity contribution in [3.8, 4) is 0 Å². The third kappa shape index (κ3) is 6.24. The van der Waals surface area contributed by atoms with Crippen LogP contribution < -0.4 is 10.2 Å². The molecule has 2 aliphatic heterocycles. The second-order valence-electron chi connectivity index (χ2n) is 13.0. The van der Waals surface area contributed by atoms with Crippen LogP contribution in [0.4, 0.5) is 5.69 Å². The van der Waals surface area contributed by atoms with E-state index in [9.17, 15) is 13.2 Å². The maximum absolute atomic E-state index is 14.4. The van der Waals surface area contributed by atoms with Crippen molar-refractivity contribution < 1.29 is 27.4 Å². The van der Waals surface area contributed by atoms with Crippen LogP contribution in [0.3, 0.4) is 0 Å². The van der Waals surface area contributed by atoms with Crippen LogP contribution in [0.25, 0.3) is 5.52 Å². The van der Waals surface area contributed by atoms with E-state index in [1.54, 1.807) is 16.7 Å². The van der Waals surface area contributed by atoms with Gasteiger partial charge in [-0.25, -0.2) is 13.4 Å². The van der Waals surface area contributed by atoms with Crippen LogP contribution >= 0.6 is 0 Å². The van der Waals surface area contributed by atoms with Gasteiger partial charge in [0.2, 0.25) is 15.8 Å². The molecule has 0 radical (unpaired) electrons. The Hall–Kier alpha value is -2.03. The van der Waals surface area contributed by atoms with Crippen molar-refractivity contribution in [2.45, 2.75) is 88.0 Å². The zero-order valence-corrected chi connectivity index (χ0v) is 26.3. The first-order valence-corrected chi connectivity index (χ1v) is 19.3. The summed E-state index contributed by atoms with van der Waals surface area (Å²) in [5.74, 6) is -0.136. The predicted octanol–water partition coefficient (Wildman–Crippen LogP) is 2.93. The third-order valence-corrected chi connectivity index (χ3v) is 11.3. The number of fused-ring (bicyclic) bond motifs is 1. The van der Waals surface area contributed by atoms with Crippen molar-refractivity contribution in [3.63, 3.8) is 0 Å². The zero-order valence-electron chi connectivity index (χ0n) is 24.5. The van der Waals surface area contributed by atoms with E-state index in [0.717, 1.165) is 18.9 Å². The van der Waals surface area contributed by atoms with Crippen molar-refractivity contribution in [2.24, 2.45) is 0 Å². The Morgan fingerprint density at radius 3 is 2.48 bits per heavy atom. The average molecular weight is 594 g/mol. The number of pyridine rings is 1. The number of imidazole rings is 1. The summed E-state index contributed by atoms with van der Waals surface area (Å²) in [6.45, 7) is 14.9. The van der Waals surface area contributed by atoms with Gasteiger partial charge in [0.05, 0.1) is 48.4 Å². The lowest BCUT2D eigenvalue weighted by Gasteiger charge is -2.45. The highest BCUT2D eigenvalue weighted by Crippen LogP contribution is 2.35. The van der Waals surface area contributed by atoms with E-state index in [1.807, 2.05) is 20.8 Å². The van der Waals surface area contributed by atoms with E-state index >= 15 is 0 Å². The summed E-state index contributed by atoms with van der Waals surface area (Å²) in [6.07, 6.45) is 4.98. The first-order chi connectivity index (χ1) is 18.8. The van der Waals surface area contributed by atoms with Gasteiger partial charge in [0.25, 0.3) is 5.91 Å². The number of nitrogens with zero attached hydrogens (tertiary/aromatic N) is 4. The van der Waals surface area contributed by atoms with Crippen molar-refractivity contribution >= 4 is 35.2 Å². The molecule has 2 atom stereocenters. The Bertz CT molecular complexity index is 1340. The highest BCUT2D eigenvalue weighted by atomic mass is 32.2. The number of rotatable bonds is 11. The minimum atomic E-state index is -4.04. The summed E-state index contributed by atoms with van der Waals surface area (Å²) in [4.78, 5) is 19.8. The molecule has 5 rings (SSSR count). The van der Waals surface area contributed by atoms with Crippen LogP contribution in [-0.2, 0) is 24.2 Å². The fraction of sp³-hybridized carbons (Fsp3) is 0.704. The number of amides is 1. The van der Waals surface area contributed by atoms with Gasteiger partial charge in [-0.1, -0.05) is 19.6 Å². The van der Waals surface area contributed by atoms with Crippen molar-refractivity contribution in [1.29, 1.82) is 0 Å².